The van der Waals surface area contributed by atoms with Crippen molar-refractivity contribution in [3.8, 4) is 0 Å². The molecular weight excluding hydrogens is 218 g/mol. The summed E-state index contributed by atoms with van der Waals surface area (Å²) in [6.07, 6.45) is 5.24. The summed E-state index contributed by atoms with van der Waals surface area (Å²) in [7, 11) is 0. The van der Waals surface area contributed by atoms with E-state index in [1.54, 1.807) is 10.7 Å². The minimum atomic E-state index is -0.415. The van der Waals surface area contributed by atoms with Crippen molar-refractivity contribution < 1.29 is 9.53 Å². The van der Waals surface area contributed by atoms with Gasteiger partial charge >= 0.3 is 5.97 Å². The highest BCUT2D eigenvalue weighted by Gasteiger charge is 2.52. The molecule has 0 amide bonds. The summed E-state index contributed by atoms with van der Waals surface area (Å²) in [5.41, 5.74) is 1.49. The predicted octanol–water partition coefficient (Wildman–Crippen LogP) is 1.32. The molecule has 0 radical (unpaired) electrons. The van der Waals surface area contributed by atoms with Gasteiger partial charge in [0.05, 0.1) is 23.7 Å². The lowest BCUT2D eigenvalue weighted by Gasteiger charge is -2.13. The van der Waals surface area contributed by atoms with Crippen LogP contribution in [-0.4, -0.2) is 27.4 Å². The standard InChI is InChI=1S/C12H13N3O2/c1-2-17-11(16)12(4-5-12)9-3-6-15-10(7-9)8-13-14-15/h3,6-8H,2,4-5H2,1H3. The van der Waals surface area contributed by atoms with E-state index in [1.807, 2.05) is 25.3 Å². The molecule has 2 aromatic rings. The summed E-state index contributed by atoms with van der Waals surface area (Å²) < 4.78 is 6.83. The number of aromatic nitrogens is 3. The molecule has 5 heteroatoms. The van der Waals surface area contributed by atoms with Gasteiger partial charge in [-0.1, -0.05) is 5.21 Å². The maximum absolute atomic E-state index is 11.9. The smallest absolute Gasteiger partial charge is 0.316 e. The quantitative estimate of drug-likeness (QED) is 0.748. The molecule has 0 aromatic carbocycles. The van der Waals surface area contributed by atoms with Gasteiger partial charge in [0, 0.05) is 6.20 Å². The molecule has 1 saturated carbocycles. The zero-order chi connectivity index (χ0) is 11.9. The molecule has 2 heterocycles. The van der Waals surface area contributed by atoms with Gasteiger partial charge in [0.1, 0.15) is 0 Å². The van der Waals surface area contributed by atoms with Gasteiger partial charge in [-0.3, -0.25) is 4.79 Å². The molecule has 0 spiro atoms. The molecule has 0 bridgehead atoms. The van der Waals surface area contributed by atoms with Crippen LogP contribution in [0.1, 0.15) is 25.3 Å². The van der Waals surface area contributed by atoms with E-state index in [9.17, 15) is 4.79 Å². The molecule has 0 saturated heterocycles. The van der Waals surface area contributed by atoms with Crippen LogP contribution in [0.25, 0.3) is 5.52 Å². The van der Waals surface area contributed by atoms with Crippen LogP contribution in [0.15, 0.2) is 24.5 Å². The Balaban J connectivity index is 2.00. The Morgan fingerprint density at radius 3 is 3.12 bits per heavy atom. The van der Waals surface area contributed by atoms with Gasteiger partial charge in [-0.2, -0.15) is 0 Å². The zero-order valence-electron chi connectivity index (χ0n) is 9.59. The highest BCUT2D eigenvalue weighted by Crippen LogP contribution is 2.49. The van der Waals surface area contributed by atoms with Crippen molar-refractivity contribution in [1.29, 1.82) is 0 Å². The number of nitrogens with zero attached hydrogens (tertiary/aromatic N) is 3. The summed E-state index contributed by atoms with van der Waals surface area (Å²) in [6.45, 7) is 2.26. The second kappa shape index (κ2) is 3.55. The van der Waals surface area contributed by atoms with Gasteiger partial charge in [0.2, 0.25) is 0 Å². The average Bonchev–Trinajstić information content (AvgIpc) is 3.02. The van der Waals surface area contributed by atoms with Crippen molar-refractivity contribution >= 4 is 11.5 Å². The van der Waals surface area contributed by atoms with Crippen LogP contribution in [0.2, 0.25) is 0 Å². The van der Waals surface area contributed by atoms with Gasteiger partial charge in [0.25, 0.3) is 0 Å². The normalized spacial score (nSPS) is 17.0. The fraction of sp³-hybridized carbons (Fsp3) is 0.417. The van der Waals surface area contributed by atoms with Crippen molar-refractivity contribution in [1.82, 2.24) is 14.8 Å². The zero-order valence-corrected chi connectivity index (χ0v) is 9.59. The third kappa shape index (κ3) is 1.50. The Morgan fingerprint density at radius 2 is 2.41 bits per heavy atom. The van der Waals surface area contributed by atoms with Crippen molar-refractivity contribution in [2.24, 2.45) is 0 Å². The minimum absolute atomic E-state index is 0.114. The lowest BCUT2D eigenvalue weighted by atomic mass is 9.97. The lowest BCUT2D eigenvalue weighted by molar-refractivity contribution is -0.146. The fourth-order valence-corrected chi connectivity index (χ4v) is 2.13. The van der Waals surface area contributed by atoms with Crippen LogP contribution in [0, 0.1) is 0 Å². The van der Waals surface area contributed by atoms with Crippen LogP contribution in [-0.2, 0) is 14.9 Å². The number of carbonyl (C=O) groups excluding carboxylic acids is 1. The monoisotopic (exact) mass is 231 g/mol. The van der Waals surface area contributed by atoms with Crippen molar-refractivity contribution in [2.75, 3.05) is 6.61 Å². The van der Waals surface area contributed by atoms with E-state index in [1.165, 1.54) is 0 Å². The molecular formula is C12H13N3O2. The molecule has 1 aliphatic rings. The predicted molar refractivity (Wildman–Crippen MR) is 60.5 cm³/mol. The molecule has 2 aromatic heterocycles. The Bertz CT molecular complexity index is 572. The molecule has 3 rings (SSSR count). The molecule has 1 aliphatic carbocycles. The number of pyridine rings is 1. The van der Waals surface area contributed by atoms with Gasteiger partial charge < -0.3 is 4.74 Å². The van der Waals surface area contributed by atoms with Gasteiger partial charge in [0.15, 0.2) is 0 Å². The van der Waals surface area contributed by atoms with Crippen LogP contribution < -0.4 is 0 Å². The third-order valence-electron chi connectivity index (χ3n) is 3.27. The van der Waals surface area contributed by atoms with Gasteiger partial charge in [-0.05, 0) is 37.5 Å². The molecule has 1 fully saturated rings. The first-order chi connectivity index (χ1) is 8.26. The van der Waals surface area contributed by atoms with E-state index >= 15 is 0 Å². The van der Waals surface area contributed by atoms with Crippen LogP contribution in [0.3, 0.4) is 0 Å². The summed E-state index contributed by atoms with van der Waals surface area (Å²) >= 11 is 0. The van der Waals surface area contributed by atoms with Crippen molar-refractivity contribution in [3.05, 3.63) is 30.1 Å². The van der Waals surface area contributed by atoms with Gasteiger partial charge in [-0.15, -0.1) is 5.10 Å². The second-order valence-corrected chi connectivity index (χ2v) is 4.32. The topological polar surface area (TPSA) is 56.5 Å². The number of ether oxygens (including phenoxy) is 1. The molecule has 17 heavy (non-hydrogen) atoms. The average molecular weight is 231 g/mol. The minimum Gasteiger partial charge on any atom is -0.465 e. The van der Waals surface area contributed by atoms with Gasteiger partial charge in [-0.25, -0.2) is 4.52 Å². The summed E-state index contributed by atoms with van der Waals surface area (Å²) in [5, 5.41) is 7.72. The molecule has 0 aliphatic heterocycles. The fourth-order valence-electron chi connectivity index (χ4n) is 2.13. The Hall–Kier alpha value is -1.91. The number of carbonyl (C=O) groups is 1. The van der Waals surface area contributed by atoms with E-state index in [4.69, 9.17) is 4.74 Å². The highest BCUT2D eigenvalue weighted by atomic mass is 16.5. The summed E-state index contributed by atoms with van der Waals surface area (Å²) in [4.78, 5) is 11.9. The second-order valence-electron chi connectivity index (χ2n) is 4.32. The summed E-state index contributed by atoms with van der Waals surface area (Å²) in [6, 6.07) is 3.88. The molecule has 0 atom stereocenters. The van der Waals surface area contributed by atoms with Crippen molar-refractivity contribution in [3.63, 3.8) is 0 Å². The Labute approximate surface area is 98.4 Å². The maximum atomic E-state index is 11.9. The molecule has 0 unspecified atom stereocenters. The van der Waals surface area contributed by atoms with E-state index in [2.05, 4.69) is 10.3 Å². The number of esters is 1. The first-order valence-electron chi connectivity index (χ1n) is 5.74. The van der Waals surface area contributed by atoms with E-state index < -0.39 is 5.41 Å². The maximum Gasteiger partial charge on any atom is 0.316 e. The molecule has 0 N–H and O–H groups in total. The highest BCUT2D eigenvalue weighted by molar-refractivity contribution is 5.87. The number of fused-ring (bicyclic) bond motifs is 1. The first-order valence-corrected chi connectivity index (χ1v) is 5.74. The van der Waals surface area contributed by atoms with Crippen molar-refractivity contribution in [2.45, 2.75) is 25.2 Å². The third-order valence-corrected chi connectivity index (χ3v) is 3.27. The number of hydrogen-bond acceptors (Lipinski definition) is 4. The van der Waals surface area contributed by atoms with E-state index in [0.717, 1.165) is 23.9 Å². The first kappa shape index (κ1) is 10.3. The molecule has 88 valence electrons. The number of hydrogen-bond donors (Lipinski definition) is 0. The Morgan fingerprint density at radius 1 is 1.59 bits per heavy atom. The molecule has 5 nitrogen and oxygen atoms in total. The largest absolute Gasteiger partial charge is 0.465 e. The summed E-state index contributed by atoms with van der Waals surface area (Å²) in [5.74, 6) is -0.114. The van der Waals surface area contributed by atoms with Crippen LogP contribution >= 0.6 is 0 Å². The van der Waals surface area contributed by atoms with Crippen LogP contribution in [0.4, 0.5) is 0 Å². The Kier molecular flexibility index (Phi) is 2.14. The van der Waals surface area contributed by atoms with E-state index in [-0.39, 0.29) is 5.97 Å². The SMILES string of the molecule is CCOC(=O)C1(c2ccn3nncc3c2)CC1. The number of rotatable bonds is 3. The van der Waals surface area contributed by atoms with E-state index in [0.29, 0.717) is 6.61 Å². The van der Waals surface area contributed by atoms with Crippen LogP contribution in [0.5, 0.6) is 0 Å². The lowest BCUT2D eigenvalue weighted by Crippen LogP contribution is -2.23.